The van der Waals surface area contributed by atoms with Gasteiger partial charge in [0.1, 0.15) is 0 Å². The predicted octanol–water partition coefficient (Wildman–Crippen LogP) is 4.33. The second-order valence-electron chi connectivity index (χ2n) is 5.59. The van der Waals surface area contributed by atoms with E-state index in [9.17, 15) is 14.2 Å². The lowest BCUT2D eigenvalue weighted by Gasteiger charge is -2.09. The number of aromatic carboxylic acids is 2. The summed E-state index contributed by atoms with van der Waals surface area (Å²) >= 11 is 0. The zero-order valence-electron chi connectivity index (χ0n) is 13.4. The van der Waals surface area contributed by atoms with Gasteiger partial charge in [0.25, 0.3) is 0 Å². The van der Waals surface area contributed by atoms with Crippen LogP contribution >= 0.6 is 8.46 Å². The lowest BCUT2D eigenvalue weighted by atomic mass is 9.97. The quantitative estimate of drug-likeness (QED) is 0.658. The molecule has 0 saturated carbocycles. The molecule has 0 spiro atoms. The van der Waals surface area contributed by atoms with Crippen LogP contribution < -0.4 is 5.30 Å². The first kappa shape index (κ1) is 17.5. The summed E-state index contributed by atoms with van der Waals surface area (Å²) in [5, 5.41) is 18.6. The van der Waals surface area contributed by atoms with Gasteiger partial charge in [0, 0.05) is 0 Å². The molecule has 128 valence electrons. The van der Waals surface area contributed by atoms with Gasteiger partial charge in [0.05, 0.1) is 16.4 Å². The molecule has 2 N–H and O–H groups in total. The summed E-state index contributed by atoms with van der Waals surface area (Å²) in [6.07, 6.45) is 0. The topological polar surface area (TPSA) is 91.7 Å². The number of carbonyl (C=O) groups is 2. The van der Waals surface area contributed by atoms with E-state index in [1.807, 2.05) is 12.1 Å². The molecule has 0 bridgehead atoms. The molecule has 0 aliphatic rings. The molecule has 0 atom stereocenters. The lowest BCUT2D eigenvalue weighted by molar-refractivity contribution is 0.0686. The smallest absolute Gasteiger partial charge is 0.335 e. The van der Waals surface area contributed by atoms with Crippen LogP contribution in [0.1, 0.15) is 20.7 Å². The van der Waals surface area contributed by atoms with Gasteiger partial charge in [0.2, 0.25) is 0 Å². The van der Waals surface area contributed by atoms with Crippen LogP contribution in [0.2, 0.25) is 0 Å². The highest BCUT2D eigenvalue weighted by molar-refractivity contribution is 7.34. The molecule has 3 aromatic carbocycles. The van der Waals surface area contributed by atoms with Gasteiger partial charge in [-0.05, 0) is 58.7 Å². The van der Waals surface area contributed by atoms with E-state index in [1.54, 1.807) is 30.3 Å². The predicted molar refractivity (Wildman–Crippen MR) is 98.5 cm³/mol. The van der Waals surface area contributed by atoms with Crippen LogP contribution in [0.15, 0.2) is 66.7 Å². The Labute approximate surface area is 150 Å². The minimum Gasteiger partial charge on any atom is -0.478 e. The summed E-state index contributed by atoms with van der Waals surface area (Å²) in [5.41, 5.74) is 3.51. The van der Waals surface area contributed by atoms with Crippen LogP contribution in [0.5, 0.6) is 0 Å². The molecular formula is C20H13O5P. The van der Waals surface area contributed by atoms with Gasteiger partial charge in [-0.3, -0.25) is 4.57 Å². The van der Waals surface area contributed by atoms with Crippen molar-refractivity contribution in [1.82, 2.24) is 0 Å². The largest absolute Gasteiger partial charge is 0.478 e. The molecule has 0 aromatic heterocycles. The molecule has 6 heteroatoms. The van der Waals surface area contributed by atoms with Crippen LogP contribution in [0.4, 0.5) is 0 Å². The summed E-state index contributed by atoms with van der Waals surface area (Å²) in [7, 11) is -0.141. The molecular weight excluding hydrogens is 351 g/mol. The van der Waals surface area contributed by atoms with Crippen molar-refractivity contribution in [3.8, 4) is 22.3 Å². The SMILES string of the molecule is O=Pc1ccc(-c2ccc(C(=O)O)cc2)cc1-c1ccc(C(=O)O)cc1. The van der Waals surface area contributed by atoms with E-state index in [2.05, 4.69) is 0 Å². The molecule has 3 aromatic rings. The van der Waals surface area contributed by atoms with E-state index in [0.29, 0.717) is 5.30 Å². The normalized spacial score (nSPS) is 10.6. The van der Waals surface area contributed by atoms with Crippen molar-refractivity contribution >= 4 is 25.7 Å². The Hall–Kier alpha value is -3.30. The van der Waals surface area contributed by atoms with E-state index in [0.717, 1.165) is 22.3 Å². The maximum Gasteiger partial charge on any atom is 0.335 e. The number of carboxylic acid groups (broad SMARTS) is 2. The second-order valence-corrected chi connectivity index (χ2v) is 6.25. The van der Waals surface area contributed by atoms with Gasteiger partial charge < -0.3 is 10.2 Å². The van der Waals surface area contributed by atoms with Gasteiger partial charge in [-0.15, -0.1) is 0 Å². The molecule has 0 fully saturated rings. The van der Waals surface area contributed by atoms with Crippen LogP contribution in [0, 0.1) is 0 Å². The van der Waals surface area contributed by atoms with E-state index in [1.165, 1.54) is 24.3 Å². The van der Waals surface area contributed by atoms with Crippen molar-refractivity contribution in [2.45, 2.75) is 0 Å². The molecule has 3 rings (SSSR count). The number of rotatable bonds is 5. The summed E-state index contributed by atoms with van der Waals surface area (Å²) in [6.45, 7) is 0. The fraction of sp³-hybridized carbons (Fsp3) is 0. The Bertz CT molecular complexity index is 992. The van der Waals surface area contributed by atoms with Crippen molar-refractivity contribution in [3.05, 3.63) is 77.9 Å². The molecule has 0 amide bonds. The Kier molecular flexibility index (Phi) is 4.92. The van der Waals surface area contributed by atoms with Crippen LogP contribution in [-0.4, -0.2) is 22.2 Å². The Morgan fingerprint density at radius 3 is 1.58 bits per heavy atom. The first-order chi connectivity index (χ1) is 12.5. The summed E-state index contributed by atoms with van der Waals surface area (Å²) in [4.78, 5) is 22.0. The van der Waals surface area contributed by atoms with Crippen molar-refractivity contribution in [1.29, 1.82) is 0 Å². The lowest BCUT2D eigenvalue weighted by Crippen LogP contribution is -2.00. The average molecular weight is 364 g/mol. The molecule has 26 heavy (non-hydrogen) atoms. The third-order valence-electron chi connectivity index (χ3n) is 4.00. The molecule has 0 saturated heterocycles. The number of carboxylic acids is 2. The maximum atomic E-state index is 11.5. The molecule has 5 nitrogen and oxygen atoms in total. The summed E-state index contributed by atoms with van der Waals surface area (Å²) in [6, 6.07) is 18.2. The third kappa shape index (κ3) is 3.53. The summed E-state index contributed by atoms with van der Waals surface area (Å²) in [5.74, 6) is -2.00. The van der Waals surface area contributed by atoms with Gasteiger partial charge in [-0.25, -0.2) is 9.59 Å². The van der Waals surface area contributed by atoms with Gasteiger partial charge in [-0.2, -0.15) is 0 Å². The summed E-state index contributed by atoms with van der Waals surface area (Å²) < 4.78 is 11.5. The maximum absolute atomic E-state index is 11.5. The number of hydrogen-bond donors (Lipinski definition) is 2. The van der Waals surface area contributed by atoms with Crippen molar-refractivity contribution in [3.63, 3.8) is 0 Å². The Morgan fingerprint density at radius 2 is 1.12 bits per heavy atom. The van der Waals surface area contributed by atoms with E-state index < -0.39 is 11.9 Å². The average Bonchev–Trinajstić information content (AvgIpc) is 2.67. The molecule has 0 aliphatic heterocycles. The molecule has 0 heterocycles. The number of benzene rings is 3. The second kappa shape index (κ2) is 7.30. The highest BCUT2D eigenvalue weighted by atomic mass is 31.1. The van der Waals surface area contributed by atoms with Gasteiger partial charge in [0.15, 0.2) is 8.46 Å². The highest BCUT2D eigenvalue weighted by Gasteiger charge is 2.10. The monoisotopic (exact) mass is 364 g/mol. The fourth-order valence-corrected chi connectivity index (χ4v) is 3.05. The standard InChI is InChI=1S/C20H13O5P/c21-19(22)14-5-1-12(2-6-14)16-9-10-18(26-25)17(11-16)13-3-7-15(8-4-13)20(23)24/h1-11H,(H,21,22)(H,23,24). The molecule has 0 unspecified atom stereocenters. The van der Waals surface area contributed by atoms with Crippen molar-refractivity contribution < 1.29 is 24.4 Å². The number of hydrogen-bond acceptors (Lipinski definition) is 3. The van der Waals surface area contributed by atoms with E-state index >= 15 is 0 Å². The Morgan fingerprint density at radius 1 is 0.654 bits per heavy atom. The Balaban J connectivity index is 2.05. The first-order valence-corrected chi connectivity index (χ1v) is 8.45. The highest BCUT2D eigenvalue weighted by Crippen LogP contribution is 2.27. The van der Waals surface area contributed by atoms with E-state index in [4.69, 9.17) is 10.2 Å². The van der Waals surface area contributed by atoms with Crippen LogP contribution in [0.3, 0.4) is 0 Å². The van der Waals surface area contributed by atoms with Crippen molar-refractivity contribution in [2.75, 3.05) is 0 Å². The van der Waals surface area contributed by atoms with Gasteiger partial charge in [-0.1, -0.05) is 30.3 Å². The van der Waals surface area contributed by atoms with E-state index in [-0.39, 0.29) is 19.6 Å². The zero-order chi connectivity index (χ0) is 18.7. The first-order valence-electron chi connectivity index (χ1n) is 7.64. The minimum absolute atomic E-state index is 0.141. The van der Waals surface area contributed by atoms with Crippen LogP contribution in [-0.2, 0) is 4.57 Å². The molecule has 0 aliphatic carbocycles. The van der Waals surface area contributed by atoms with Crippen LogP contribution in [0.25, 0.3) is 22.3 Å². The van der Waals surface area contributed by atoms with Crippen molar-refractivity contribution in [2.24, 2.45) is 0 Å². The minimum atomic E-state index is -1.01. The zero-order valence-corrected chi connectivity index (χ0v) is 14.3. The third-order valence-corrected chi connectivity index (χ3v) is 4.59. The fourth-order valence-electron chi connectivity index (χ4n) is 2.62. The molecule has 0 radical (unpaired) electrons. The van der Waals surface area contributed by atoms with Gasteiger partial charge >= 0.3 is 11.9 Å².